The lowest BCUT2D eigenvalue weighted by molar-refractivity contribution is 0.0634. The average molecular weight is 359 g/mol. The van der Waals surface area contributed by atoms with Gasteiger partial charge in [0.15, 0.2) is 9.84 Å². The Bertz CT molecular complexity index is 748. The summed E-state index contributed by atoms with van der Waals surface area (Å²) >= 11 is 0. The standard InChI is InChI=1S/C15H21NO7S/c1-6-24(20,21)12-7-9(13(17)18)11(22-5)8-10(12)16-14(19)23-15(2,3)4/h7-8H,6H2,1-5H3,(H,16,19)(H,17,18). The summed E-state index contributed by atoms with van der Waals surface area (Å²) in [4.78, 5) is 22.9. The van der Waals surface area contributed by atoms with Crippen molar-refractivity contribution in [3.05, 3.63) is 17.7 Å². The molecule has 134 valence electrons. The number of carboxylic acid groups (broad SMARTS) is 1. The summed E-state index contributed by atoms with van der Waals surface area (Å²) < 4.78 is 34.5. The molecule has 0 radical (unpaired) electrons. The number of amides is 1. The van der Waals surface area contributed by atoms with E-state index in [0.717, 1.165) is 12.1 Å². The van der Waals surface area contributed by atoms with Gasteiger partial charge in [-0.3, -0.25) is 5.32 Å². The number of sulfone groups is 1. The highest BCUT2D eigenvalue weighted by atomic mass is 32.2. The molecule has 0 aromatic heterocycles. The fourth-order valence-electron chi connectivity index (χ4n) is 1.82. The van der Waals surface area contributed by atoms with Gasteiger partial charge in [-0.1, -0.05) is 6.92 Å². The van der Waals surface area contributed by atoms with Gasteiger partial charge in [0.1, 0.15) is 16.9 Å². The summed E-state index contributed by atoms with van der Waals surface area (Å²) in [5.41, 5.74) is -1.20. The molecule has 0 atom stereocenters. The molecule has 0 saturated heterocycles. The average Bonchev–Trinajstić information content (AvgIpc) is 2.44. The summed E-state index contributed by atoms with van der Waals surface area (Å²) in [6.45, 7) is 6.39. The fraction of sp³-hybridized carbons (Fsp3) is 0.467. The SMILES string of the molecule is CCS(=O)(=O)c1cc(C(=O)O)c(OC)cc1NC(=O)OC(C)(C)C. The lowest BCUT2D eigenvalue weighted by Crippen LogP contribution is -2.28. The predicted molar refractivity (Wildman–Crippen MR) is 87.5 cm³/mol. The van der Waals surface area contributed by atoms with Gasteiger partial charge in [0.2, 0.25) is 0 Å². The number of rotatable bonds is 5. The van der Waals surface area contributed by atoms with Crippen molar-refractivity contribution in [2.75, 3.05) is 18.2 Å². The molecule has 0 fully saturated rings. The van der Waals surface area contributed by atoms with E-state index in [4.69, 9.17) is 9.47 Å². The third-order valence-electron chi connectivity index (χ3n) is 2.88. The van der Waals surface area contributed by atoms with Crippen LogP contribution in [0.4, 0.5) is 10.5 Å². The van der Waals surface area contributed by atoms with Crippen LogP contribution in [0.5, 0.6) is 5.75 Å². The van der Waals surface area contributed by atoms with Crippen LogP contribution in [0.15, 0.2) is 17.0 Å². The van der Waals surface area contributed by atoms with Gasteiger partial charge >= 0.3 is 12.1 Å². The zero-order valence-corrected chi connectivity index (χ0v) is 15.0. The van der Waals surface area contributed by atoms with E-state index in [-0.39, 0.29) is 27.6 Å². The highest BCUT2D eigenvalue weighted by Crippen LogP contribution is 2.31. The molecule has 0 aliphatic heterocycles. The zero-order chi connectivity index (χ0) is 18.7. The maximum atomic E-state index is 12.2. The van der Waals surface area contributed by atoms with E-state index >= 15 is 0 Å². The number of ether oxygens (including phenoxy) is 2. The first kappa shape index (κ1) is 19.8. The van der Waals surface area contributed by atoms with Crippen molar-refractivity contribution in [3.8, 4) is 5.75 Å². The summed E-state index contributed by atoms with van der Waals surface area (Å²) in [6, 6.07) is 2.11. The number of carbonyl (C=O) groups is 2. The van der Waals surface area contributed by atoms with Gasteiger partial charge in [0, 0.05) is 6.07 Å². The number of aromatic carboxylic acids is 1. The van der Waals surface area contributed by atoms with E-state index in [1.54, 1.807) is 20.8 Å². The molecule has 0 aliphatic carbocycles. The smallest absolute Gasteiger partial charge is 0.412 e. The first-order valence-corrected chi connectivity index (χ1v) is 8.74. The van der Waals surface area contributed by atoms with Gasteiger partial charge in [-0.2, -0.15) is 0 Å². The number of hydrogen-bond acceptors (Lipinski definition) is 6. The Labute approximate surface area is 140 Å². The fourth-order valence-corrected chi connectivity index (χ4v) is 2.87. The van der Waals surface area contributed by atoms with Crippen molar-refractivity contribution in [1.82, 2.24) is 0 Å². The van der Waals surface area contributed by atoms with Gasteiger partial charge in [-0.25, -0.2) is 18.0 Å². The molecule has 0 bridgehead atoms. The highest BCUT2D eigenvalue weighted by Gasteiger charge is 2.25. The van der Waals surface area contributed by atoms with Crippen LogP contribution in [0.3, 0.4) is 0 Å². The summed E-state index contributed by atoms with van der Waals surface area (Å²) in [7, 11) is -2.55. The number of benzene rings is 1. The van der Waals surface area contributed by atoms with Gasteiger partial charge < -0.3 is 14.6 Å². The third kappa shape index (κ3) is 4.85. The number of carbonyl (C=O) groups excluding carboxylic acids is 1. The lowest BCUT2D eigenvalue weighted by atomic mass is 10.1. The molecular formula is C15H21NO7S. The monoisotopic (exact) mass is 359 g/mol. The molecule has 0 saturated carbocycles. The minimum Gasteiger partial charge on any atom is -0.496 e. The van der Waals surface area contributed by atoms with E-state index < -0.39 is 27.5 Å². The first-order valence-electron chi connectivity index (χ1n) is 7.09. The minimum atomic E-state index is -3.79. The van der Waals surface area contributed by atoms with Crippen molar-refractivity contribution in [3.63, 3.8) is 0 Å². The Morgan fingerprint density at radius 2 is 1.83 bits per heavy atom. The third-order valence-corrected chi connectivity index (χ3v) is 4.65. The summed E-state index contributed by atoms with van der Waals surface area (Å²) in [5.74, 6) is -1.69. The Morgan fingerprint density at radius 3 is 2.25 bits per heavy atom. The maximum absolute atomic E-state index is 12.2. The van der Waals surface area contributed by atoms with E-state index in [0.29, 0.717) is 0 Å². The minimum absolute atomic E-state index is 0.0800. The van der Waals surface area contributed by atoms with E-state index in [1.807, 2.05) is 0 Å². The molecule has 8 nitrogen and oxygen atoms in total. The van der Waals surface area contributed by atoms with Crippen LogP contribution in [-0.4, -0.2) is 44.1 Å². The molecule has 2 N–H and O–H groups in total. The van der Waals surface area contributed by atoms with Crippen LogP contribution >= 0.6 is 0 Å². The number of nitrogens with one attached hydrogen (secondary N) is 1. The predicted octanol–water partition coefficient (Wildman–Crippen LogP) is 2.53. The van der Waals surface area contributed by atoms with Crippen molar-refractivity contribution < 1.29 is 32.6 Å². The number of methoxy groups -OCH3 is 1. The van der Waals surface area contributed by atoms with Gasteiger partial charge in [0.05, 0.1) is 23.4 Å². The Morgan fingerprint density at radius 1 is 1.25 bits per heavy atom. The summed E-state index contributed by atoms with van der Waals surface area (Å²) in [5, 5.41) is 11.5. The Balaban J connectivity index is 3.46. The van der Waals surface area contributed by atoms with Crippen LogP contribution in [-0.2, 0) is 14.6 Å². The molecule has 1 aromatic rings. The van der Waals surface area contributed by atoms with E-state index in [2.05, 4.69) is 5.32 Å². The van der Waals surface area contributed by atoms with Crippen molar-refractivity contribution in [2.24, 2.45) is 0 Å². The molecule has 1 rings (SSSR count). The van der Waals surface area contributed by atoms with Crippen molar-refractivity contribution in [1.29, 1.82) is 0 Å². The van der Waals surface area contributed by atoms with Gasteiger partial charge in [0.25, 0.3) is 0 Å². The van der Waals surface area contributed by atoms with Crippen molar-refractivity contribution >= 4 is 27.6 Å². The second-order valence-corrected chi connectivity index (χ2v) is 8.13. The largest absolute Gasteiger partial charge is 0.496 e. The number of carboxylic acids is 1. The van der Waals surface area contributed by atoms with Gasteiger partial charge in [-0.05, 0) is 26.8 Å². The highest BCUT2D eigenvalue weighted by molar-refractivity contribution is 7.91. The molecule has 0 heterocycles. The summed E-state index contributed by atoms with van der Waals surface area (Å²) in [6.07, 6.45) is -0.861. The van der Waals surface area contributed by atoms with E-state index in [9.17, 15) is 23.1 Å². The molecule has 1 amide bonds. The molecule has 0 aliphatic rings. The number of anilines is 1. The van der Waals surface area contributed by atoms with Crippen LogP contribution < -0.4 is 10.1 Å². The zero-order valence-electron chi connectivity index (χ0n) is 14.2. The normalized spacial score (nSPS) is 11.7. The first-order chi connectivity index (χ1) is 10.9. The van der Waals surface area contributed by atoms with Crippen LogP contribution in [0, 0.1) is 0 Å². The maximum Gasteiger partial charge on any atom is 0.412 e. The van der Waals surface area contributed by atoms with Gasteiger partial charge in [-0.15, -0.1) is 0 Å². The molecule has 24 heavy (non-hydrogen) atoms. The van der Waals surface area contributed by atoms with Crippen LogP contribution in [0.2, 0.25) is 0 Å². The van der Waals surface area contributed by atoms with Crippen LogP contribution in [0.1, 0.15) is 38.1 Å². The topological polar surface area (TPSA) is 119 Å². The molecule has 1 aromatic carbocycles. The molecule has 0 spiro atoms. The second kappa shape index (κ2) is 7.08. The van der Waals surface area contributed by atoms with E-state index in [1.165, 1.54) is 14.0 Å². The number of hydrogen-bond donors (Lipinski definition) is 2. The second-order valence-electron chi connectivity index (χ2n) is 5.88. The quantitative estimate of drug-likeness (QED) is 0.829. The lowest BCUT2D eigenvalue weighted by Gasteiger charge is -2.21. The Hall–Kier alpha value is -2.29. The van der Waals surface area contributed by atoms with Crippen LogP contribution in [0.25, 0.3) is 0 Å². The molecule has 0 unspecified atom stereocenters. The Kier molecular flexibility index (Phi) is 5.83. The van der Waals surface area contributed by atoms with Crippen molar-refractivity contribution in [2.45, 2.75) is 38.2 Å². The molecular weight excluding hydrogens is 338 g/mol. The molecule has 9 heteroatoms.